The van der Waals surface area contributed by atoms with Gasteiger partial charge in [-0.05, 0) is 52.9 Å². The van der Waals surface area contributed by atoms with Crippen LogP contribution < -0.4 is 0 Å². The Hall–Kier alpha value is -1.82. The molecule has 0 saturated heterocycles. The molecular weight excluding hydrogens is 349 g/mol. The van der Waals surface area contributed by atoms with Crippen LogP contribution in [0.4, 0.5) is 0 Å². The molecule has 3 heterocycles. The highest BCUT2D eigenvalue weighted by Gasteiger charge is 2.13. The molecule has 3 nitrogen and oxygen atoms in total. The molecule has 0 unspecified atom stereocenters. The zero-order valence-corrected chi connectivity index (χ0v) is 12.2. The Bertz CT molecular complexity index is 684. The molecule has 0 atom stereocenters. The van der Waals surface area contributed by atoms with Gasteiger partial charge >= 0.3 is 0 Å². The van der Waals surface area contributed by atoms with Crippen molar-refractivity contribution in [1.82, 2.24) is 15.0 Å². The summed E-state index contributed by atoms with van der Waals surface area (Å²) in [6.07, 6.45) is 5.37. The van der Waals surface area contributed by atoms with E-state index in [1.807, 2.05) is 42.5 Å². The second kappa shape index (κ2) is 5.44. The molecule has 0 N–H and O–H groups in total. The van der Waals surface area contributed by atoms with Gasteiger partial charge in [0, 0.05) is 27.7 Å². The zero-order valence-electron chi connectivity index (χ0n) is 9.99. The zero-order chi connectivity index (χ0) is 13.1. The quantitative estimate of drug-likeness (QED) is 0.654. The third-order valence-electron chi connectivity index (χ3n) is 2.73. The van der Waals surface area contributed by atoms with Crippen LogP contribution in [0.5, 0.6) is 0 Å². The van der Waals surface area contributed by atoms with Crippen molar-refractivity contribution in [2.75, 3.05) is 0 Å². The van der Waals surface area contributed by atoms with Gasteiger partial charge in [-0.2, -0.15) is 0 Å². The molecule has 92 valence electrons. The van der Waals surface area contributed by atoms with E-state index in [9.17, 15) is 0 Å². The van der Waals surface area contributed by atoms with Crippen molar-refractivity contribution in [2.24, 2.45) is 0 Å². The van der Waals surface area contributed by atoms with Crippen LogP contribution in [0.25, 0.3) is 22.6 Å². The summed E-state index contributed by atoms with van der Waals surface area (Å²) in [5.41, 5.74) is 3.68. The van der Waals surface area contributed by atoms with E-state index >= 15 is 0 Å². The van der Waals surface area contributed by atoms with E-state index in [1.54, 1.807) is 18.6 Å². The summed E-state index contributed by atoms with van der Waals surface area (Å²) in [6, 6.07) is 13.7. The normalized spacial score (nSPS) is 10.4. The number of rotatable bonds is 2. The molecule has 3 aromatic rings. The standard InChI is InChI=1S/C15H10IN3/c16-11-7-10-19-15(13-6-2-4-9-18-13)14(11)12-5-1-3-8-17-12/h1-10H. The first-order chi connectivity index (χ1) is 9.36. The van der Waals surface area contributed by atoms with Gasteiger partial charge in [-0.3, -0.25) is 15.0 Å². The third kappa shape index (κ3) is 2.49. The number of hydrogen-bond donors (Lipinski definition) is 0. The molecule has 0 spiro atoms. The first-order valence-electron chi connectivity index (χ1n) is 5.83. The van der Waals surface area contributed by atoms with Gasteiger partial charge in [-0.15, -0.1) is 0 Å². The Balaban J connectivity index is 2.25. The molecule has 3 aromatic heterocycles. The van der Waals surface area contributed by atoms with E-state index in [4.69, 9.17) is 0 Å². The second-order valence-corrected chi connectivity index (χ2v) is 5.11. The number of pyridine rings is 3. The van der Waals surface area contributed by atoms with Crippen LogP contribution in [-0.4, -0.2) is 15.0 Å². The number of aromatic nitrogens is 3. The fourth-order valence-corrected chi connectivity index (χ4v) is 2.58. The monoisotopic (exact) mass is 359 g/mol. The van der Waals surface area contributed by atoms with Crippen molar-refractivity contribution in [3.8, 4) is 22.6 Å². The fraction of sp³-hybridized carbons (Fsp3) is 0. The summed E-state index contributed by atoms with van der Waals surface area (Å²) in [7, 11) is 0. The maximum Gasteiger partial charge on any atom is 0.0990 e. The highest BCUT2D eigenvalue weighted by atomic mass is 127. The van der Waals surface area contributed by atoms with Gasteiger partial charge in [-0.1, -0.05) is 12.1 Å². The van der Waals surface area contributed by atoms with Gasteiger partial charge in [0.15, 0.2) is 0 Å². The fourth-order valence-electron chi connectivity index (χ4n) is 1.89. The molecule has 4 heteroatoms. The summed E-state index contributed by atoms with van der Waals surface area (Å²) in [4.78, 5) is 13.3. The first kappa shape index (κ1) is 12.2. The molecule has 0 aromatic carbocycles. The Morgan fingerprint density at radius 3 is 2.00 bits per heavy atom. The number of halogens is 1. The predicted molar refractivity (Wildman–Crippen MR) is 83.4 cm³/mol. The van der Waals surface area contributed by atoms with Gasteiger partial charge in [0.25, 0.3) is 0 Å². The molecule has 0 saturated carbocycles. The first-order valence-corrected chi connectivity index (χ1v) is 6.91. The third-order valence-corrected chi connectivity index (χ3v) is 3.63. The smallest absolute Gasteiger partial charge is 0.0990 e. The van der Waals surface area contributed by atoms with Gasteiger partial charge in [0.1, 0.15) is 0 Å². The summed E-state index contributed by atoms with van der Waals surface area (Å²) < 4.78 is 1.12. The molecule has 3 rings (SSSR count). The van der Waals surface area contributed by atoms with Crippen molar-refractivity contribution in [2.45, 2.75) is 0 Å². The highest BCUT2D eigenvalue weighted by molar-refractivity contribution is 14.1. The minimum absolute atomic E-state index is 0.863. The molecule has 0 amide bonds. The Morgan fingerprint density at radius 2 is 1.37 bits per heavy atom. The van der Waals surface area contributed by atoms with Crippen molar-refractivity contribution in [3.63, 3.8) is 0 Å². The molecule has 19 heavy (non-hydrogen) atoms. The molecule has 0 fully saturated rings. The number of hydrogen-bond acceptors (Lipinski definition) is 3. The van der Waals surface area contributed by atoms with Crippen molar-refractivity contribution >= 4 is 22.6 Å². The van der Waals surface area contributed by atoms with Crippen molar-refractivity contribution in [1.29, 1.82) is 0 Å². The Labute approximate surface area is 124 Å². The van der Waals surface area contributed by atoms with Crippen LogP contribution in [0.3, 0.4) is 0 Å². The summed E-state index contributed by atoms with van der Waals surface area (Å²) >= 11 is 2.31. The van der Waals surface area contributed by atoms with Gasteiger partial charge in [0.05, 0.1) is 17.1 Å². The van der Waals surface area contributed by atoms with Crippen LogP contribution in [0.15, 0.2) is 61.1 Å². The number of nitrogens with zero attached hydrogens (tertiary/aromatic N) is 3. The highest BCUT2D eigenvalue weighted by Crippen LogP contribution is 2.31. The topological polar surface area (TPSA) is 38.7 Å². The van der Waals surface area contributed by atoms with Crippen LogP contribution in [0, 0.1) is 3.57 Å². The van der Waals surface area contributed by atoms with Crippen LogP contribution in [-0.2, 0) is 0 Å². The molecular formula is C15H10IN3. The van der Waals surface area contributed by atoms with Crippen molar-refractivity contribution in [3.05, 3.63) is 64.6 Å². The molecule has 0 aliphatic rings. The average molecular weight is 359 g/mol. The lowest BCUT2D eigenvalue weighted by atomic mass is 10.1. The summed E-state index contributed by atoms with van der Waals surface area (Å²) in [5, 5.41) is 0. The molecule has 0 aliphatic heterocycles. The maximum absolute atomic E-state index is 4.48. The molecule has 0 aliphatic carbocycles. The van der Waals surface area contributed by atoms with E-state index in [-0.39, 0.29) is 0 Å². The second-order valence-electron chi connectivity index (χ2n) is 3.95. The van der Waals surface area contributed by atoms with Crippen LogP contribution in [0.1, 0.15) is 0 Å². The maximum atomic E-state index is 4.48. The van der Waals surface area contributed by atoms with Gasteiger partial charge in [0.2, 0.25) is 0 Å². The van der Waals surface area contributed by atoms with Crippen LogP contribution in [0.2, 0.25) is 0 Å². The lowest BCUT2D eigenvalue weighted by Crippen LogP contribution is -1.95. The van der Waals surface area contributed by atoms with Crippen molar-refractivity contribution < 1.29 is 0 Å². The SMILES string of the molecule is Ic1ccnc(-c2ccccn2)c1-c1ccccn1. The lowest BCUT2D eigenvalue weighted by molar-refractivity contribution is 1.22. The summed E-state index contributed by atoms with van der Waals surface area (Å²) in [6.45, 7) is 0. The molecule has 0 radical (unpaired) electrons. The predicted octanol–water partition coefficient (Wildman–Crippen LogP) is 3.81. The Morgan fingerprint density at radius 1 is 0.684 bits per heavy atom. The van der Waals surface area contributed by atoms with E-state index < -0.39 is 0 Å². The average Bonchev–Trinajstić information content (AvgIpc) is 2.49. The van der Waals surface area contributed by atoms with Crippen LogP contribution >= 0.6 is 22.6 Å². The van der Waals surface area contributed by atoms with E-state index in [0.717, 1.165) is 26.2 Å². The van der Waals surface area contributed by atoms with Gasteiger partial charge in [-0.25, -0.2) is 0 Å². The van der Waals surface area contributed by atoms with Gasteiger partial charge < -0.3 is 0 Å². The largest absolute Gasteiger partial charge is 0.256 e. The Kier molecular flexibility index (Phi) is 3.50. The minimum Gasteiger partial charge on any atom is -0.256 e. The van der Waals surface area contributed by atoms with E-state index in [0.29, 0.717) is 0 Å². The lowest BCUT2D eigenvalue weighted by Gasteiger charge is -2.09. The molecule has 0 bridgehead atoms. The van der Waals surface area contributed by atoms with E-state index in [2.05, 4.69) is 37.5 Å². The van der Waals surface area contributed by atoms with E-state index in [1.165, 1.54) is 0 Å². The minimum atomic E-state index is 0.863. The summed E-state index contributed by atoms with van der Waals surface area (Å²) in [5.74, 6) is 0.